The van der Waals surface area contributed by atoms with Gasteiger partial charge in [0.25, 0.3) is 0 Å². The summed E-state index contributed by atoms with van der Waals surface area (Å²) in [6.07, 6.45) is 6.67. The summed E-state index contributed by atoms with van der Waals surface area (Å²) in [6, 6.07) is 11.0. The number of piperidine rings is 1. The highest BCUT2D eigenvalue weighted by molar-refractivity contribution is 5.84. The molecular weight excluding hydrogens is 310 g/mol. The second kappa shape index (κ2) is 6.98. The van der Waals surface area contributed by atoms with Crippen molar-refractivity contribution >= 4 is 11.0 Å². The van der Waals surface area contributed by atoms with Gasteiger partial charge in [0, 0.05) is 43.0 Å². The van der Waals surface area contributed by atoms with E-state index in [9.17, 15) is 5.11 Å². The minimum absolute atomic E-state index is 0.116. The molecular formula is C21H25N3O. The van der Waals surface area contributed by atoms with Gasteiger partial charge in [-0.15, -0.1) is 0 Å². The maximum absolute atomic E-state index is 9.66. The first-order valence-corrected chi connectivity index (χ1v) is 9.18. The van der Waals surface area contributed by atoms with E-state index in [0.717, 1.165) is 50.1 Å². The molecule has 0 saturated carbocycles. The average molecular weight is 335 g/mol. The van der Waals surface area contributed by atoms with Crippen molar-refractivity contribution < 1.29 is 5.11 Å². The van der Waals surface area contributed by atoms with E-state index in [1.807, 2.05) is 6.20 Å². The molecule has 0 spiro atoms. The highest BCUT2D eigenvalue weighted by Gasteiger charge is 2.17. The Hall–Kier alpha value is -2.17. The number of fused-ring (bicyclic) bond motifs is 1. The van der Waals surface area contributed by atoms with E-state index >= 15 is 0 Å². The summed E-state index contributed by atoms with van der Waals surface area (Å²) in [6.45, 7) is 5.07. The molecule has 3 heterocycles. The summed E-state index contributed by atoms with van der Waals surface area (Å²) in [5.41, 5.74) is 5.97. The molecule has 1 saturated heterocycles. The molecule has 2 aromatic heterocycles. The first-order valence-electron chi connectivity index (χ1n) is 9.18. The normalized spacial score (nSPS) is 16.6. The fourth-order valence-corrected chi connectivity index (χ4v) is 3.69. The van der Waals surface area contributed by atoms with Crippen molar-refractivity contribution in [2.75, 3.05) is 13.1 Å². The van der Waals surface area contributed by atoms with Crippen LogP contribution in [-0.4, -0.2) is 39.2 Å². The quantitative estimate of drug-likeness (QED) is 0.763. The van der Waals surface area contributed by atoms with Crippen LogP contribution in [0.1, 0.15) is 30.9 Å². The van der Waals surface area contributed by atoms with E-state index in [1.165, 1.54) is 22.1 Å². The lowest BCUT2D eigenvalue weighted by atomic mass is 10.0. The van der Waals surface area contributed by atoms with E-state index in [4.69, 9.17) is 0 Å². The van der Waals surface area contributed by atoms with Gasteiger partial charge in [-0.3, -0.25) is 4.90 Å². The number of aromatic amines is 1. The number of benzene rings is 1. The molecule has 0 bridgehead atoms. The number of rotatable bonds is 4. The molecule has 0 amide bonds. The van der Waals surface area contributed by atoms with Crippen LogP contribution in [0.5, 0.6) is 0 Å². The van der Waals surface area contributed by atoms with Gasteiger partial charge in [-0.2, -0.15) is 0 Å². The van der Waals surface area contributed by atoms with Crippen molar-refractivity contribution in [3.8, 4) is 11.1 Å². The molecule has 25 heavy (non-hydrogen) atoms. The number of nitrogens with zero attached hydrogens (tertiary/aromatic N) is 2. The number of pyridine rings is 1. The van der Waals surface area contributed by atoms with E-state index in [0.29, 0.717) is 0 Å². The lowest BCUT2D eigenvalue weighted by molar-refractivity contribution is 0.0792. The van der Waals surface area contributed by atoms with E-state index in [1.54, 1.807) is 0 Å². The topological polar surface area (TPSA) is 52.2 Å². The Labute approximate surface area is 148 Å². The van der Waals surface area contributed by atoms with E-state index in [-0.39, 0.29) is 6.10 Å². The van der Waals surface area contributed by atoms with Gasteiger partial charge in [0.2, 0.25) is 0 Å². The van der Waals surface area contributed by atoms with Crippen molar-refractivity contribution in [1.29, 1.82) is 0 Å². The largest absolute Gasteiger partial charge is 0.393 e. The second-order valence-corrected chi connectivity index (χ2v) is 7.00. The molecule has 3 aromatic rings. The summed E-state index contributed by atoms with van der Waals surface area (Å²) < 4.78 is 0. The Morgan fingerprint density at radius 3 is 2.84 bits per heavy atom. The fraction of sp³-hybridized carbons (Fsp3) is 0.381. The van der Waals surface area contributed by atoms with Gasteiger partial charge >= 0.3 is 0 Å². The molecule has 1 aliphatic rings. The Kier molecular flexibility index (Phi) is 4.55. The maximum atomic E-state index is 9.66. The number of aromatic nitrogens is 2. The molecule has 130 valence electrons. The zero-order valence-corrected chi connectivity index (χ0v) is 14.7. The van der Waals surface area contributed by atoms with Crippen molar-refractivity contribution in [2.24, 2.45) is 0 Å². The third kappa shape index (κ3) is 3.46. The molecule has 1 aromatic carbocycles. The molecule has 2 N–H and O–H groups in total. The molecule has 1 fully saturated rings. The molecule has 0 aliphatic carbocycles. The van der Waals surface area contributed by atoms with Crippen molar-refractivity contribution in [3.63, 3.8) is 0 Å². The predicted molar refractivity (Wildman–Crippen MR) is 101 cm³/mol. The van der Waals surface area contributed by atoms with Crippen LogP contribution in [0.3, 0.4) is 0 Å². The van der Waals surface area contributed by atoms with Crippen LogP contribution < -0.4 is 0 Å². The number of aryl methyl sites for hydroxylation is 1. The third-order valence-corrected chi connectivity index (χ3v) is 5.22. The lowest BCUT2D eigenvalue weighted by Gasteiger charge is -2.29. The number of aliphatic hydroxyl groups excluding tert-OH is 1. The third-order valence-electron chi connectivity index (χ3n) is 5.22. The lowest BCUT2D eigenvalue weighted by Crippen LogP contribution is -2.35. The summed E-state index contributed by atoms with van der Waals surface area (Å²) in [7, 11) is 0. The smallest absolute Gasteiger partial charge is 0.137 e. The van der Waals surface area contributed by atoms with Crippen LogP contribution in [-0.2, 0) is 13.0 Å². The standard InChI is InChI=1S/C21H25N3O/c1-2-16-12-22-21-20(16)11-18(13-23-21)17-5-3-4-15(10-17)14-24-8-6-19(25)7-9-24/h3-5,10-13,19,25H,2,6-9,14H2,1H3,(H,22,23). The summed E-state index contributed by atoms with van der Waals surface area (Å²) in [5.74, 6) is 0. The number of likely N-dealkylation sites (tertiary alicyclic amines) is 1. The number of nitrogens with one attached hydrogen (secondary N) is 1. The minimum atomic E-state index is -0.116. The van der Waals surface area contributed by atoms with Gasteiger partial charge in [-0.05, 0) is 48.1 Å². The Balaban J connectivity index is 1.58. The summed E-state index contributed by atoms with van der Waals surface area (Å²) in [4.78, 5) is 10.3. The second-order valence-electron chi connectivity index (χ2n) is 7.00. The van der Waals surface area contributed by atoms with Crippen LogP contribution in [0, 0.1) is 0 Å². The summed E-state index contributed by atoms with van der Waals surface area (Å²) in [5, 5.41) is 10.9. The summed E-state index contributed by atoms with van der Waals surface area (Å²) >= 11 is 0. The van der Waals surface area contributed by atoms with Crippen LogP contribution in [0.4, 0.5) is 0 Å². The molecule has 0 atom stereocenters. The van der Waals surface area contributed by atoms with Gasteiger partial charge in [0.15, 0.2) is 0 Å². The van der Waals surface area contributed by atoms with Crippen LogP contribution in [0.25, 0.3) is 22.2 Å². The van der Waals surface area contributed by atoms with Gasteiger partial charge in [0.05, 0.1) is 6.10 Å². The van der Waals surface area contributed by atoms with Gasteiger partial charge in [0.1, 0.15) is 5.65 Å². The van der Waals surface area contributed by atoms with Gasteiger partial charge in [-0.1, -0.05) is 25.1 Å². The number of aliphatic hydroxyl groups is 1. The average Bonchev–Trinajstić information content (AvgIpc) is 3.06. The number of hydrogen-bond acceptors (Lipinski definition) is 3. The fourth-order valence-electron chi connectivity index (χ4n) is 3.69. The first-order chi connectivity index (χ1) is 12.2. The Bertz CT molecular complexity index is 862. The van der Waals surface area contributed by atoms with Crippen molar-refractivity contribution in [2.45, 2.75) is 38.8 Å². The Morgan fingerprint density at radius 2 is 2.04 bits per heavy atom. The van der Waals surface area contributed by atoms with Gasteiger partial charge < -0.3 is 10.1 Å². The van der Waals surface area contributed by atoms with Crippen LogP contribution in [0.2, 0.25) is 0 Å². The highest BCUT2D eigenvalue weighted by Crippen LogP contribution is 2.26. The van der Waals surface area contributed by atoms with Crippen LogP contribution >= 0.6 is 0 Å². The molecule has 4 heteroatoms. The monoisotopic (exact) mass is 335 g/mol. The Morgan fingerprint density at radius 1 is 1.20 bits per heavy atom. The predicted octanol–water partition coefficient (Wildman–Crippen LogP) is 3.75. The van der Waals surface area contributed by atoms with E-state index in [2.05, 4.69) is 58.3 Å². The molecule has 1 aliphatic heterocycles. The molecule has 0 radical (unpaired) electrons. The molecule has 0 unspecified atom stereocenters. The van der Waals surface area contributed by atoms with Gasteiger partial charge in [-0.25, -0.2) is 4.98 Å². The SMILES string of the molecule is CCc1c[nH]c2ncc(-c3cccc(CN4CCC(O)CC4)c3)cc12. The number of hydrogen-bond donors (Lipinski definition) is 2. The minimum Gasteiger partial charge on any atom is -0.393 e. The number of H-pyrrole nitrogens is 1. The van der Waals surface area contributed by atoms with Crippen molar-refractivity contribution in [3.05, 3.63) is 53.9 Å². The first kappa shape index (κ1) is 16.3. The van der Waals surface area contributed by atoms with Crippen LogP contribution in [0.15, 0.2) is 42.7 Å². The zero-order valence-electron chi connectivity index (χ0n) is 14.7. The highest BCUT2D eigenvalue weighted by atomic mass is 16.3. The zero-order chi connectivity index (χ0) is 17.2. The maximum Gasteiger partial charge on any atom is 0.137 e. The molecule has 4 nitrogen and oxygen atoms in total. The molecule has 4 rings (SSSR count). The van der Waals surface area contributed by atoms with Crippen molar-refractivity contribution in [1.82, 2.24) is 14.9 Å². The van der Waals surface area contributed by atoms with E-state index < -0.39 is 0 Å².